The van der Waals surface area contributed by atoms with Crippen molar-refractivity contribution in [3.05, 3.63) is 70.0 Å². The molecule has 0 aliphatic heterocycles. The number of halogens is 5. The molecule has 0 atom stereocenters. The zero-order chi connectivity index (χ0) is 14.9. The Kier molecular flexibility index (Phi) is 3.81. The SMILES string of the molecule is O=C(c1ccc(Cl)cc1)c1cc(F)ccc1C(F)(F)F. The topological polar surface area (TPSA) is 17.1 Å². The van der Waals surface area contributed by atoms with Gasteiger partial charge in [-0.3, -0.25) is 4.79 Å². The fourth-order valence-corrected chi connectivity index (χ4v) is 1.83. The first-order valence-electron chi connectivity index (χ1n) is 5.46. The standard InChI is InChI=1S/C14H7ClF4O/c15-9-3-1-8(2-4-9)13(20)11-7-10(16)5-6-12(11)14(17,18)19/h1-7H. The van der Waals surface area contributed by atoms with Crippen LogP contribution >= 0.6 is 11.6 Å². The van der Waals surface area contributed by atoms with E-state index in [0.29, 0.717) is 23.2 Å². The van der Waals surface area contributed by atoms with Crippen molar-refractivity contribution < 1.29 is 22.4 Å². The van der Waals surface area contributed by atoms with Gasteiger partial charge in [-0.05, 0) is 42.5 Å². The van der Waals surface area contributed by atoms with Crippen molar-refractivity contribution >= 4 is 17.4 Å². The highest BCUT2D eigenvalue weighted by Crippen LogP contribution is 2.33. The summed E-state index contributed by atoms with van der Waals surface area (Å²) in [6, 6.07) is 7.13. The largest absolute Gasteiger partial charge is 0.417 e. The van der Waals surface area contributed by atoms with Crippen LogP contribution in [0.4, 0.5) is 17.6 Å². The molecule has 2 aromatic carbocycles. The predicted octanol–water partition coefficient (Wildman–Crippen LogP) is 4.73. The van der Waals surface area contributed by atoms with E-state index in [0.717, 1.165) is 0 Å². The fourth-order valence-electron chi connectivity index (χ4n) is 1.71. The number of rotatable bonds is 2. The van der Waals surface area contributed by atoms with Crippen LogP contribution in [0.2, 0.25) is 5.02 Å². The van der Waals surface area contributed by atoms with E-state index in [9.17, 15) is 22.4 Å². The van der Waals surface area contributed by atoms with Gasteiger partial charge in [0, 0.05) is 16.1 Å². The second-order valence-corrected chi connectivity index (χ2v) is 4.46. The molecule has 2 rings (SSSR count). The molecule has 0 unspecified atom stereocenters. The maximum absolute atomic E-state index is 13.1. The average Bonchev–Trinajstić information content (AvgIpc) is 2.37. The van der Waals surface area contributed by atoms with Gasteiger partial charge in [-0.1, -0.05) is 11.6 Å². The molecule has 0 fully saturated rings. The van der Waals surface area contributed by atoms with Crippen molar-refractivity contribution in [2.24, 2.45) is 0 Å². The van der Waals surface area contributed by atoms with Crippen molar-refractivity contribution in [2.45, 2.75) is 6.18 Å². The molecule has 0 aromatic heterocycles. The molecule has 0 saturated heterocycles. The highest BCUT2D eigenvalue weighted by atomic mass is 35.5. The van der Waals surface area contributed by atoms with Gasteiger partial charge in [-0.15, -0.1) is 0 Å². The summed E-state index contributed by atoms with van der Waals surface area (Å²) in [5, 5.41) is 0.344. The summed E-state index contributed by atoms with van der Waals surface area (Å²) in [4.78, 5) is 12.1. The fraction of sp³-hybridized carbons (Fsp3) is 0.0714. The Balaban J connectivity index is 2.54. The second kappa shape index (κ2) is 5.25. The Labute approximate surface area is 116 Å². The van der Waals surface area contributed by atoms with Crippen LogP contribution in [-0.2, 0) is 6.18 Å². The van der Waals surface area contributed by atoms with Gasteiger partial charge in [0.2, 0.25) is 0 Å². The lowest BCUT2D eigenvalue weighted by atomic mass is 9.98. The Morgan fingerprint density at radius 2 is 1.60 bits per heavy atom. The lowest BCUT2D eigenvalue weighted by Gasteiger charge is -2.12. The molecule has 104 valence electrons. The van der Waals surface area contributed by atoms with E-state index in [1.165, 1.54) is 24.3 Å². The molecule has 0 N–H and O–H groups in total. The third kappa shape index (κ3) is 2.99. The van der Waals surface area contributed by atoms with Crippen LogP contribution in [0.25, 0.3) is 0 Å². The summed E-state index contributed by atoms with van der Waals surface area (Å²) >= 11 is 5.64. The minimum absolute atomic E-state index is 0.00509. The van der Waals surface area contributed by atoms with Crippen LogP contribution in [0.5, 0.6) is 0 Å². The molecule has 0 radical (unpaired) electrons. The highest BCUT2D eigenvalue weighted by Gasteiger charge is 2.35. The maximum Gasteiger partial charge on any atom is 0.417 e. The molecule has 0 bridgehead atoms. The number of carbonyl (C=O) groups excluding carboxylic acids is 1. The average molecular weight is 303 g/mol. The zero-order valence-corrected chi connectivity index (χ0v) is 10.6. The van der Waals surface area contributed by atoms with E-state index in [-0.39, 0.29) is 5.56 Å². The minimum atomic E-state index is -4.73. The van der Waals surface area contributed by atoms with Gasteiger partial charge in [-0.25, -0.2) is 4.39 Å². The first kappa shape index (κ1) is 14.5. The second-order valence-electron chi connectivity index (χ2n) is 4.02. The van der Waals surface area contributed by atoms with Gasteiger partial charge in [-0.2, -0.15) is 13.2 Å². The van der Waals surface area contributed by atoms with E-state index >= 15 is 0 Å². The van der Waals surface area contributed by atoms with E-state index in [2.05, 4.69) is 0 Å². The molecular formula is C14H7ClF4O. The molecule has 2 aromatic rings. The zero-order valence-electron chi connectivity index (χ0n) is 9.84. The number of hydrogen-bond donors (Lipinski definition) is 0. The molecule has 0 amide bonds. The van der Waals surface area contributed by atoms with Crippen molar-refractivity contribution in [1.82, 2.24) is 0 Å². The molecule has 0 spiro atoms. The summed E-state index contributed by atoms with van der Waals surface area (Å²) in [5.74, 6) is -1.82. The number of alkyl halides is 3. The Hall–Kier alpha value is -1.88. The summed E-state index contributed by atoms with van der Waals surface area (Å²) in [6.45, 7) is 0. The van der Waals surface area contributed by atoms with Gasteiger partial charge in [0.1, 0.15) is 5.82 Å². The lowest BCUT2D eigenvalue weighted by Crippen LogP contribution is -2.14. The van der Waals surface area contributed by atoms with Crippen LogP contribution in [0.1, 0.15) is 21.5 Å². The summed E-state index contributed by atoms with van der Waals surface area (Å²) < 4.78 is 51.6. The first-order valence-corrected chi connectivity index (χ1v) is 5.84. The van der Waals surface area contributed by atoms with E-state index in [1.807, 2.05) is 0 Å². The van der Waals surface area contributed by atoms with E-state index in [1.54, 1.807) is 0 Å². The monoisotopic (exact) mass is 302 g/mol. The van der Waals surface area contributed by atoms with Crippen LogP contribution in [0.15, 0.2) is 42.5 Å². The van der Waals surface area contributed by atoms with Crippen LogP contribution < -0.4 is 0 Å². The molecule has 20 heavy (non-hydrogen) atoms. The van der Waals surface area contributed by atoms with Crippen molar-refractivity contribution in [3.63, 3.8) is 0 Å². The summed E-state index contributed by atoms with van der Waals surface area (Å²) in [5.41, 5.74) is -1.89. The van der Waals surface area contributed by atoms with Gasteiger partial charge in [0.15, 0.2) is 5.78 Å². The highest BCUT2D eigenvalue weighted by molar-refractivity contribution is 6.30. The lowest BCUT2D eigenvalue weighted by molar-refractivity contribution is -0.137. The molecule has 6 heteroatoms. The predicted molar refractivity (Wildman–Crippen MR) is 66.3 cm³/mol. The Morgan fingerprint density at radius 1 is 1.00 bits per heavy atom. The van der Waals surface area contributed by atoms with Gasteiger partial charge >= 0.3 is 6.18 Å². The Morgan fingerprint density at radius 3 is 2.15 bits per heavy atom. The normalized spacial score (nSPS) is 11.4. The van der Waals surface area contributed by atoms with Crippen LogP contribution in [0.3, 0.4) is 0 Å². The van der Waals surface area contributed by atoms with Crippen LogP contribution in [-0.4, -0.2) is 5.78 Å². The molecule has 0 aliphatic rings. The molecule has 0 heterocycles. The molecular weight excluding hydrogens is 296 g/mol. The van der Waals surface area contributed by atoms with Crippen molar-refractivity contribution in [2.75, 3.05) is 0 Å². The number of benzene rings is 2. The van der Waals surface area contributed by atoms with Gasteiger partial charge < -0.3 is 0 Å². The minimum Gasteiger partial charge on any atom is -0.289 e. The van der Waals surface area contributed by atoms with E-state index in [4.69, 9.17) is 11.6 Å². The summed E-state index contributed by atoms with van der Waals surface area (Å²) in [7, 11) is 0. The summed E-state index contributed by atoms with van der Waals surface area (Å²) in [6.07, 6.45) is -4.73. The maximum atomic E-state index is 13.1. The number of carbonyl (C=O) groups is 1. The third-order valence-electron chi connectivity index (χ3n) is 2.64. The quantitative estimate of drug-likeness (QED) is 0.579. The Bertz CT molecular complexity index is 647. The molecule has 0 aliphatic carbocycles. The first-order chi connectivity index (χ1) is 9.29. The van der Waals surface area contributed by atoms with Gasteiger partial charge in [0.25, 0.3) is 0 Å². The van der Waals surface area contributed by atoms with Crippen molar-refractivity contribution in [1.29, 1.82) is 0 Å². The van der Waals surface area contributed by atoms with Crippen LogP contribution in [0, 0.1) is 5.82 Å². The number of ketones is 1. The van der Waals surface area contributed by atoms with Gasteiger partial charge in [0.05, 0.1) is 5.56 Å². The smallest absolute Gasteiger partial charge is 0.289 e. The van der Waals surface area contributed by atoms with E-state index < -0.39 is 28.9 Å². The molecule has 0 saturated carbocycles. The number of hydrogen-bond acceptors (Lipinski definition) is 1. The third-order valence-corrected chi connectivity index (χ3v) is 2.89. The molecule has 1 nitrogen and oxygen atoms in total. The van der Waals surface area contributed by atoms with Crippen molar-refractivity contribution in [3.8, 4) is 0 Å².